The molecule has 0 bridgehead atoms. The fourth-order valence-electron chi connectivity index (χ4n) is 2.21. The summed E-state index contributed by atoms with van der Waals surface area (Å²) in [4.78, 5) is 10.6. The quantitative estimate of drug-likeness (QED) is 0.475. The van der Waals surface area contributed by atoms with Crippen molar-refractivity contribution < 1.29 is 19.2 Å². The molecule has 0 aliphatic carbocycles. The molecule has 8 heteroatoms. The fourth-order valence-corrected chi connectivity index (χ4v) is 2.21. The third-order valence-electron chi connectivity index (χ3n) is 3.49. The average molecular weight is 349 g/mol. The second-order valence-corrected chi connectivity index (χ2v) is 5.41. The van der Waals surface area contributed by atoms with Crippen LogP contribution in [0.1, 0.15) is 5.56 Å². The number of benzene rings is 2. The minimum Gasteiger partial charge on any atom is -0.491 e. The number of hydrogen-bond acceptors (Lipinski definition) is 6. The summed E-state index contributed by atoms with van der Waals surface area (Å²) in [6.45, 7) is 0.679. The first-order chi connectivity index (χ1) is 12.0. The number of aliphatic hydroxyl groups excluding tert-OH is 1. The van der Waals surface area contributed by atoms with E-state index in [2.05, 4.69) is 10.6 Å². The first-order valence-electron chi connectivity index (χ1n) is 7.72. The summed E-state index contributed by atoms with van der Waals surface area (Å²) in [7, 11) is 1.62. The van der Waals surface area contributed by atoms with Crippen LogP contribution in [-0.4, -0.2) is 36.3 Å². The van der Waals surface area contributed by atoms with Crippen LogP contribution in [0.15, 0.2) is 42.5 Å². The molecule has 0 spiro atoms. The third-order valence-corrected chi connectivity index (χ3v) is 3.49. The Hall–Kier alpha value is -2.71. The Labute approximate surface area is 144 Å². The van der Waals surface area contributed by atoms with Crippen molar-refractivity contribution in [2.75, 3.05) is 25.5 Å². The minimum absolute atomic E-state index is 0.00184. The molecule has 134 valence electrons. The highest BCUT2D eigenvalue weighted by molar-refractivity contribution is 5.62. The minimum atomic E-state index is -0.767. The Bertz CT molecular complexity index is 710. The number of ether oxygens (including phenoxy) is 1. The highest BCUT2D eigenvalue weighted by atomic mass is 19.1. The normalized spacial score (nSPS) is 11.8. The van der Waals surface area contributed by atoms with Crippen LogP contribution in [0.5, 0.6) is 5.75 Å². The van der Waals surface area contributed by atoms with Gasteiger partial charge in [0.1, 0.15) is 30.0 Å². The van der Waals surface area contributed by atoms with Crippen molar-refractivity contribution >= 4 is 11.4 Å². The van der Waals surface area contributed by atoms with E-state index >= 15 is 0 Å². The predicted octanol–water partition coefficient (Wildman–Crippen LogP) is 2.31. The zero-order valence-corrected chi connectivity index (χ0v) is 13.7. The number of nitrogens with one attached hydrogen (secondary N) is 2. The van der Waals surface area contributed by atoms with Crippen molar-refractivity contribution in [3.8, 4) is 5.75 Å². The number of halogens is 1. The Balaban J connectivity index is 1.78. The molecule has 0 aliphatic heterocycles. The monoisotopic (exact) mass is 349 g/mol. The summed E-state index contributed by atoms with van der Waals surface area (Å²) in [6.07, 6.45) is -0.767. The molecule has 2 rings (SSSR count). The Morgan fingerprint density at radius 2 is 2.00 bits per heavy atom. The van der Waals surface area contributed by atoms with E-state index in [-0.39, 0.29) is 24.7 Å². The molecule has 0 heterocycles. The number of rotatable bonds is 9. The van der Waals surface area contributed by atoms with E-state index in [4.69, 9.17) is 4.74 Å². The van der Waals surface area contributed by atoms with Gasteiger partial charge in [-0.15, -0.1) is 0 Å². The molecule has 0 saturated heterocycles. The molecule has 0 aliphatic rings. The van der Waals surface area contributed by atoms with Gasteiger partial charge in [-0.2, -0.15) is 0 Å². The summed E-state index contributed by atoms with van der Waals surface area (Å²) in [5, 5.41) is 26.7. The molecule has 0 fully saturated rings. The second kappa shape index (κ2) is 8.95. The smallest absolute Gasteiger partial charge is 0.292 e. The summed E-state index contributed by atoms with van der Waals surface area (Å²) >= 11 is 0. The molecule has 1 atom stereocenters. The number of nitro groups is 1. The van der Waals surface area contributed by atoms with Gasteiger partial charge in [0.25, 0.3) is 5.69 Å². The van der Waals surface area contributed by atoms with Crippen LogP contribution < -0.4 is 15.4 Å². The predicted molar refractivity (Wildman–Crippen MR) is 92.3 cm³/mol. The van der Waals surface area contributed by atoms with E-state index in [0.29, 0.717) is 18.0 Å². The van der Waals surface area contributed by atoms with Crippen LogP contribution in [-0.2, 0) is 6.54 Å². The number of anilines is 1. The molecule has 0 aromatic heterocycles. The lowest BCUT2D eigenvalue weighted by Crippen LogP contribution is -2.31. The molecule has 0 amide bonds. The summed E-state index contributed by atoms with van der Waals surface area (Å²) in [6, 6.07) is 10.4. The number of nitro benzene ring substituents is 1. The topological polar surface area (TPSA) is 96.7 Å². The van der Waals surface area contributed by atoms with E-state index < -0.39 is 11.0 Å². The lowest BCUT2D eigenvalue weighted by Gasteiger charge is -2.13. The second-order valence-electron chi connectivity index (χ2n) is 5.41. The van der Waals surface area contributed by atoms with Gasteiger partial charge < -0.3 is 20.5 Å². The maximum absolute atomic E-state index is 12.8. The van der Waals surface area contributed by atoms with Crippen LogP contribution in [0.3, 0.4) is 0 Å². The van der Waals surface area contributed by atoms with E-state index in [1.165, 1.54) is 30.3 Å². The van der Waals surface area contributed by atoms with Crippen LogP contribution in [0.2, 0.25) is 0 Å². The standard InChI is InChI=1S/C17H20FN3O4/c1-19-16-7-2-12(8-17(16)21(23)24)9-20-10-14(22)11-25-15-5-3-13(18)4-6-15/h2-8,14,19-20,22H,9-11H2,1H3. The summed E-state index contributed by atoms with van der Waals surface area (Å²) in [5.74, 6) is 0.117. The van der Waals surface area contributed by atoms with Gasteiger partial charge in [0.2, 0.25) is 0 Å². The van der Waals surface area contributed by atoms with Gasteiger partial charge in [-0.05, 0) is 35.9 Å². The van der Waals surface area contributed by atoms with Crippen molar-refractivity contribution in [1.82, 2.24) is 5.32 Å². The average Bonchev–Trinajstić information content (AvgIpc) is 2.61. The molecule has 0 radical (unpaired) electrons. The van der Waals surface area contributed by atoms with Crippen LogP contribution in [0, 0.1) is 15.9 Å². The molecule has 1 unspecified atom stereocenters. The highest BCUT2D eigenvalue weighted by Gasteiger charge is 2.13. The highest BCUT2D eigenvalue weighted by Crippen LogP contribution is 2.24. The third kappa shape index (κ3) is 5.70. The van der Waals surface area contributed by atoms with Crippen molar-refractivity contribution in [1.29, 1.82) is 0 Å². The zero-order chi connectivity index (χ0) is 18.2. The zero-order valence-electron chi connectivity index (χ0n) is 13.7. The van der Waals surface area contributed by atoms with Crippen LogP contribution in [0.25, 0.3) is 0 Å². The SMILES string of the molecule is CNc1ccc(CNCC(O)COc2ccc(F)cc2)cc1[N+](=O)[O-]. The van der Waals surface area contributed by atoms with E-state index in [1.54, 1.807) is 19.2 Å². The van der Waals surface area contributed by atoms with Gasteiger partial charge in [0.05, 0.1) is 4.92 Å². The van der Waals surface area contributed by atoms with Gasteiger partial charge in [0, 0.05) is 26.2 Å². The molecule has 2 aromatic carbocycles. The van der Waals surface area contributed by atoms with Crippen molar-refractivity contribution in [3.63, 3.8) is 0 Å². The first kappa shape index (κ1) is 18.6. The summed E-state index contributed by atoms with van der Waals surface area (Å²) in [5.41, 5.74) is 1.18. The Morgan fingerprint density at radius 3 is 2.64 bits per heavy atom. The van der Waals surface area contributed by atoms with Crippen molar-refractivity contribution in [2.45, 2.75) is 12.6 Å². The molecular formula is C17H20FN3O4. The number of aliphatic hydroxyl groups is 1. The van der Waals surface area contributed by atoms with E-state index in [0.717, 1.165) is 5.56 Å². The Morgan fingerprint density at radius 1 is 1.28 bits per heavy atom. The number of hydrogen-bond donors (Lipinski definition) is 3. The molecular weight excluding hydrogens is 329 g/mol. The lowest BCUT2D eigenvalue weighted by molar-refractivity contribution is -0.384. The number of nitrogens with zero attached hydrogens (tertiary/aromatic N) is 1. The van der Waals surface area contributed by atoms with Crippen molar-refractivity contribution in [3.05, 3.63) is 64.0 Å². The largest absolute Gasteiger partial charge is 0.491 e. The maximum Gasteiger partial charge on any atom is 0.292 e. The maximum atomic E-state index is 12.8. The van der Waals surface area contributed by atoms with Gasteiger partial charge in [-0.25, -0.2) is 4.39 Å². The van der Waals surface area contributed by atoms with Crippen LogP contribution >= 0.6 is 0 Å². The molecule has 0 saturated carbocycles. The summed E-state index contributed by atoms with van der Waals surface area (Å²) < 4.78 is 18.1. The first-order valence-corrected chi connectivity index (χ1v) is 7.72. The molecule has 25 heavy (non-hydrogen) atoms. The van der Waals surface area contributed by atoms with Gasteiger partial charge in [-0.3, -0.25) is 10.1 Å². The van der Waals surface area contributed by atoms with Crippen molar-refractivity contribution in [2.24, 2.45) is 0 Å². The molecule has 3 N–H and O–H groups in total. The van der Waals surface area contributed by atoms with E-state index in [9.17, 15) is 19.6 Å². The molecule has 7 nitrogen and oxygen atoms in total. The molecule has 2 aromatic rings. The van der Waals surface area contributed by atoms with Gasteiger partial charge >= 0.3 is 0 Å². The van der Waals surface area contributed by atoms with E-state index in [1.807, 2.05) is 0 Å². The van der Waals surface area contributed by atoms with Gasteiger partial charge in [-0.1, -0.05) is 6.07 Å². The Kier molecular flexibility index (Phi) is 6.67. The fraction of sp³-hybridized carbons (Fsp3) is 0.294. The lowest BCUT2D eigenvalue weighted by atomic mass is 10.1. The van der Waals surface area contributed by atoms with Crippen LogP contribution in [0.4, 0.5) is 15.8 Å². The van der Waals surface area contributed by atoms with Gasteiger partial charge in [0.15, 0.2) is 0 Å².